The van der Waals surface area contributed by atoms with Crippen LogP contribution in [0.5, 0.6) is 0 Å². The molecular formula is C18H24IN5S. The van der Waals surface area contributed by atoms with Crippen LogP contribution in [0.25, 0.3) is 4.96 Å². The van der Waals surface area contributed by atoms with Crippen molar-refractivity contribution >= 4 is 46.2 Å². The van der Waals surface area contributed by atoms with Gasteiger partial charge >= 0.3 is 0 Å². The number of aromatic nitrogens is 2. The number of rotatable bonds is 5. The molecule has 0 aliphatic carbocycles. The van der Waals surface area contributed by atoms with E-state index in [1.165, 1.54) is 11.1 Å². The Kier molecular flexibility index (Phi) is 7.24. The molecule has 3 rings (SSSR count). The molecular weight excluding hydrogens is 445 g/mol. The number of nitrogens with zero attached hydrogens (tertiary/aromatic N) is 4. The third kappa shape index (κ3) is 4.94. The Bertz CT molecular complexity index is 793. The minimum atomic E-state index is 0. The van der Waals surface area contributed by atoms with Gasteiger partial charge in [0, 0.05) is 38.4 Å². The summed E-state index contributed by atoms with van der Waals surface area (Å²) in [5.41, 5.74) is 3.66. The summed E-state index contributed by atoms with van der Waals surface area (Å²) < 4.78 is 2.05. The molecule has 0 bridgehead atoms. The molecule has 2 aromatic heterocycles. The Hall–Kier alpha value is -1.61. The zero-order valence-corrected chi connectivity index (χ0v) is 17.9. The summed E-state index contributed by atoms with van der Waals surface area (Å²) in [6.45, 7) is 3.66. The van der Waals surface area contributed by atoms with E-state index in [9.17, 15) is 0 Å². The Morgan fingerprint density at radius 1 is 1.28 bits per heavy atom. The highest BCUT2D eigenvalue weighted by Crippen LogP contribution is 2.11. The van der Waals surface area contributed by atoms with Crippen LogP contribution >= 0.6 is 35.3 Å². The van der Waals surface area contributed by atoms with Gasteiger partial charge in [-0.15, -0.1) is 35.3 Å². The summed E-state index contributed by atoms with van der Waals surface area (Å²) >= 11 is 1.64. The molecule has 25 heavy (non-hydrogen) atoms. The first-order chi connectivity index (χ1) is 11.7. The van der Waals surface area contributed by atoms with E-state index in [1.54, 1.807) is 11.3 Å². The van der Waals surface area contributed by atoms with Crippen molar-refractivity contribution in [2.75, 3.05) is 14.1 Å². The van der Waals surface area contributed by atoms with Gasteiger partial charge in [0.1, 0.15) is 0 Å². The lowest BCUT2D eigenvalue weighted by molar-refractivity contribution is 0.476. The number of halogens is 1. The Labute approximate surface area is 169 Å². The quantitative estimate of drug-likeness (QED) is 0.352. The lowest BCUT2D eigenvalue weighted by atomic mass is 10.1. The second-order valence-corrected chi connectivity index (χ2v) is 6.62. The standard InChI is InChI=1S/C18H23N5S.HI/c1-4-14-5-7-15(8-6-14)12-22(3)17(19-2)20-11-16-13-23-9-10-24-18(23)21-16;/h5-10,13H,4,11-12H2,1-3H3,(H,19,20);1H. The zero-order chi connectivity index (χ0) is 16.9. The Morgan fingerprint density at radius 2 is 2.00 bits per heavy atom. The molecule has 0 aliphatic heterocycles. The number of thiazole rings is 1. The van der Waals surface area contributed by atoms with Gasteiger partial charge in [0.25, 0.3) is 0 Å². The van der Waals surface area contributed by atoms with Crippen LogP contribution in [0, 0.1) is 0 Å². The third-order valence-electron chi connectivity index (χ3n) is 4.00. The average Bonchev–Trinajstić information content (AvgIpc) is 3.17. The molecule has 7 heteroatoms. The van der Waals surface area contributed by atoms with Crippen molar-refractivity contribution in [1.29, 1.82) is 0 Å². The van der Waals surface area contributed by atoms with Crippen molar-refractivity contribution in [3.63, 3.8) is 0 Å². The average molecular weight is 469 g/mol. The molecule has 0 saturated carbocycles. The molecule has 0 spiro atoms. The largest absolute Gasteiger partial charge is 0.351 e. The van der Waals surface area contributed by atoms with E-state index in [0.717, 1.165) is 29.6 Å². The first-order valence-corrected chi connectivity index (χ1v) is 8.98. The van der Waals surface area contributed by atoms with E-state index in [-0.39, 0.29) is 24.0 Å². The highest BCUT2D eigenvalue weighted by Gasteiger charge is 2.08. The smallest absolute Gasteiger partial charge is 0.194 e. The maximum Gasteiger partial charge on any atom is 0.194 e. The highest BCUT2D eigenvalue weighted by atomic mass is 127. The fraction of sp³-hybridized carbons (Fsp3) is 0.333. The van der Waals surface area contributed by atoms with Crippen LogP contribution in [0.2, 0.25) is 0 Å². The van der Waals surface area contributed by atoms with Gasteiger partial charge in [-0.25, -0.2) is 4.98 Å². The lowest BCUT2D eigenvalue weighted by Gasteiger charge is -2.22. The Balaban J connectivity index is 0.00000225. The Morgan fingerprint density at radius 3 is 2.64 bits per heavy atom. The van der Waals surface area contributed by atoms with Crippen molar-refractivity contribution in [2.45, 2.75) is 26.4 Å². The van der Waals surface area contributed by atoms with Gasteiger partial charge in [0.05, 0.1) is 12.2 Å². The van der Waals surface area contributed by atoms with E-state index in [2.05, 4.69) is 64.6 Å². The van der Waals surface area contributed by atoms with Crippen molar-refractivity contribution < 1.29 is 0 Å². The number of fused-ring (bicyclic) bond motifs is 1. The van der Waals surface area contributed by atoms with Crippen molar-refractivity contribution in [1.82, 2.24) is 19.6 Å². The van der Waals surface area contributed by atoms with Crippen LogP contribution in [0.4, 0.5) is 0 Å². The summed E-state index contributed by atoms with van der Waals surface area (Å²) in [6.07, 6.45) is 5.15. The molecule has 134 valence electrons. The maximum atomic E-state index is 4.59. The second kappa shape index (κ2) is 9.19. The summed E-state index contributed by atoms with van der Waals surface area (Å²) in [7, 11) is 3.86. The number of aryl methyl sites for hydroxylation is 1. The maximum absolute atomic E-state index is 4.59. The number of nitrogens with one attached hydrogen (secondary N) is 1. The van der Waals surface area contributed by atoms with E-state index in [0.29, 0.717) is 6.54 Å². The van der Waals surface area contributed by atoms with Crippen LogP contribution < -0.4 is 5.32 Å². The molecule has 0 saturated heterocycles. The summed E-state index contributed by atoms with van der Waals surface area (Å²) in [5.74, 6) is 0.867. The second-order valence-electron chi connectivity index (χ2n) is 5.75. The number of guanidine groups is 1. The lowest BCUT2D eigenvalue weighted by Crippen LogP contribution is -2.38. The zero-order valence-electron chi connectivity index (χ0n) is 14.8. The van der Waals surface area contributed by atoms with Crippen molar-refractivity contribution in [3.8, 4) is 0 Å². The van der Waals surface area contributed by atoms with Gasteiger partial charge in [0.15, 0.2) is 10.9 Å². The first-order valence-electron chi connectivity index (χ1n) is 8.10. The van der Waals surface area contributed by atoms with Gasteiger partial charge in [-0.3, -0.25) is 9.39 Å². The molecule has 0 unspecified atom stereocenters. The molecule has 5 nitrogen and oxygen atoms in total. The minimum Gasteiger partial charge on any atom is -0.351 e. The topological polar surface area (TPSA) is 44.9 Å². The summed E-state index contributed by atoms with van der Waals surface area (Å²) in [4.78, 5) is 12.1. The molecule has 0 aliphatic rings. The van der Waals surface area contributed by atoms with Crippen molar-refractivity contribution in [2.24, 2.45) is 4.99 Å². The molecule has 0 amide bonds. The van der Waals surface area contributed by atoms with Gasteiger partial charge in [-0.05, 0) is 17.5 Å². The summed E-state index contributed by atoms with van der Waals surface area (Å²) in [5, 5.41) is 5.42. The van der Waals surface area contributed by atoms with Gasteiger partial charge < -0.3 is 10.2 Å². The van der Waals surface area contributed by atoms with E-state index >= 15 is 0 Å². The number of hydrogen-bond donors (Lipinski definition) is 1. The van der Waals surface area contributed by atoms with Gasteiger partial charge in [-0.2, -0.15) is 0 Å². The predicted molar refractivity (Wildman–Crippen MR) is 116 cm³/mol. The molecule has 1 aromatic carbocycles. The van der Waals surface area contributed by atoms with E-state index in [4.69, 9.17) is 0 Å². The minimum absolute atomic E-state index is 0. The summed E-state index contributed by atoms with van der Waals surface area (Å²) in [6, 6.07) is 8.76. The fourth-order valence-corrected chi connectivity index (χ4v) is 3.36. The van der Waals surface area contributed by atoms with Gasteiger partial charge in [0.2, 0.25) is 0 Å². The predicted octanol–water partition coefficient (Wildman–Crippen LogP) is 3.78. The number of aliphatic imine (C=N–C) groups is 1. The number of hydrogen-bond acceptors (Lipinski definition) is 3. The van der Waals surface area contributed by atoms with E-state index in [1.807, 2.05) is 23.0 Å². The third-order valence-corrected chi connectivity index (χ3v) is 4.77. The van der Waals surface area contributed by atoms with Crippen LogP contribution in [0.3, 0.4) is 0 Å². The van der Waals surface area contributed by atoms with E-state index < -0.39 is 0 Å². The number of imidazole rings is 1. The molecule has 0 fully saturated rings. The molecule has 0 radical (unpaired) electrons. The molecule has 3 aromatic rings. The van der Waals surface area contributed by atoms with Crippen LogP contribution in [-0.2, 0) is 19.5 Å². The van der Waals surface area contributed by atoms with Gasteiger partial charge in [-0.1, -0.05) is 31.2 Å². The normalized spacial score (nSPS) is 11.4. The fourth-order valence-electron chi connectivity index (χ4n) is 2.64. The molecule has 1 N–H and O–H groups in total. The van der Waals surface area contributed by atoms with Crippen LogP contribution in [0.15, 0.2) is 47.0 Å². The first kappa shape index (κ1) is 19.7. The monoisotopic (exact) mass is 469 g/mol. The number of benzene rings is 1. The SMILES string of the molecule is CCc1ccc(CN(C)C(=NC)NCc2cn3ccsc3n2)cc1.I. The van der Waals surface area contributed by atoms with Crippen LogP contribution in [-0.4, -0.2) is 34.3 Å². The molecule has 2 heterocycles. The van der Waals surface area contributed by atoms with Crippen LogP contribution in [0.1, 0.15) is 23.7 Å². The highest BCUT2D eigenvalue weighted by molar-refractivity contribution is 14.0. The molecule has 0 atom stereocenters. The van der Waals surface area contributed by atoms with Crippen molar-refractivity contribution in [3.05, 3.63) is 58.9 Å².